The first-order valence-electron chi connectivity index (χ1n) is 6.30. The molecule has 1 aromatic carbocycles. The van der Waals surface area contributed by atoms with E-state index in [1.807, 2.05) is 11.0 Å². The molecule has 1 amide bonds. The summed E-state index contributed by atoms with van der Waals surface area (Å²) in [5.41, 5.74) is 0.941. The predicted molar refractivity (Wildman–Crippen MR) is 67.0 cm³/mol. The topological polar surface area (TPSA) is 40.5 Å². The van der Waals surface area contributed by atoms with Gasteiger partial charge in [-0.15, -0.1) is 0 Å². The van der Waals surface area contributed by atoms with Gasteiger partial charge in [0, 0.05) is 13.1 Å². The molecule has 92 valence electrons. The lowest BCUT2D eigenvalue weighted by Crippen LogP contribution is -2.40. The molecular formula is C14H19NO2. The first-order chi connectivity index (χ1) is 8.22. The first-order valence-corrected chi connectivity index (χ1v) is 6.30. The summed E-state index contributed by atoms with van der Waals surface area (Å²) < 4.78 is 0. The number of benzene rings is 1. The van der Waals surface area contributed by atoms with Gasteiger partial charge in [0.15, 0.2) is 0 Å². The summed E-state index contributed by atoms with van der Waals surface area (Å²) in [6.45, 7) is 3.81. The molecule has 1 aliphatic rings. The molecule has 3 nitrogen and oxygen atoms in total. The van der Waals surface area contributed by atoms with E-state index in [1.165, 1.54) is 0 Å². The van der Waals surface area contributed by atoms with Gasteiger partial charge in [-0.2, -0.15) is 0 Å². The normalized spacial score (nSPS) is 20.6. The van der Waals surface area contributed by atoms with Gasteiger partial charge in [0.2, 0.25) is 5.91 Å². The van der Waals surface area contributed by atoms with E-state index < -0.39 is 0 Å². The zero-order chi connectivity index (χ0) is 12.3. The fraction of sp³-hybridized carbons (Fsp3) is 0.500. The molecule has 17 heavy (non-hydrogen) atoms. The van der Waals surface area contributed by atoms with E-state index in [2.05, 4.69) is 6.92 Å². The second-order valence-corrected chi connectivity index (χ2v) is 4.62. The number of hydrogen-bond donors (Lipinski definition) is 1. The number of hydrogen-bond acceptors (Lipinski definition) is 2. The van der Waals surface area contributed by atoms with Gasteiger partial charge in [-0.1, -0.05) is 19.1 Å². The summed E-state index contributed by atoms with van der Waals surface area (Å²) in [4.78, 5) is 14.2. The van der Waals surface area contributed by atoms with Crippen LogP contribution in [0.15, 0.2) is 24.3 Å². The maximum absolute atomic E-state index is 12.3. The van der Waals surface area contributed by atoms with Crippen LogP contribution in [0.1, 0.15) is 37.7 Å². The molecule has 1 aromatic rings. The lowest BCUT2D eigenvalue weighted by atomic mass is 9.89. The Labute approximate surface area is 102 Å². The van der Waals surface area contributed by atoms with Crippen molar-refractivity contribution in [2.45, 2.75) is 32.1 Å². The Bertz CT molecular complexity index is 401. The number of aromatic hydroxyl groups is 1. The van der Waals surface area contributed by atoms with Crippen LogP contribution in [0.5, 0.6) is 5.75 Å². The number of rotatable bonds is 3. The van der Waals surface area contributed by atoms with Gasteiger partial charge < -0.3 is 10.0 Å². The van der Waals surface area contributed by atoms with Crippen molar-refractivity contribution in [2.75, 3.05) is 13.1 Å². The number of carbonyl (C=O) groups is 1. The third kappa shape index (κ3) is 2.60. The SMILES string of the molecule is CCCN1CCCC(c2cccc(O)c2)C1=O. The van der Waals surface area contributed by atoms with Gasteiger partial charge in [-0.05, 0) is 37.0 Å². The van der Waals surface area contributed by atoms with Crippen molar-refractivity contribution < 1.29 is 9.90 Å². The number of phenolic OH excluding ortho intramolecular Hbond substituents is 1. The van der Waals surface area contributed by atoms with E-state index in [9.17, 15) is 9.90 Å². The smallest absolute Gasteiger partial charge is 0.230 e. The van der Waals surface area contributed by atoms with Gasteiger partial charge in [0.05, 0.1) is 5.92 Å². The Morgan fingerprint density at radius 2 is 2.29 bits per heavy atom. The van der Waals surface area contributed by atoms with Crippen molar-refractivity contribution in [3.8, 4) is 5.75 Å². The van der Waals surface area contributed by atoms with Crippen molar-refractivity contribution in [1.82, 2.24) is 4.90 Å². The number of carbonyl (C=O) groups excluding carboxylic acids is 1. The minimum atomic E-state index is -0.0672. The standard InChI is InChI=1S/C14H19NO2/c1-2-8-15-9-4-7-13(14(15)17)11-5-3-6-12(16)10-11/h3,5-6,10,13,16H,2,4,7-9H2,1H3. The summed E-state index contributed by atoms with van der Waals surface area (Å²) >= 11 is 0. The Balaban J connectivity index is 2.17. The highest BCUT2D eigenvalue weighted by molar-refractivity contribution is 5.84. The van der Waals surface area contributed by atoms with Crippen LogP contribution in [0.4, 0.5) is 0 Å². The van der Waals surface area contributed by atoms with Crippen molar-refractivity contribution in [3.05, 3.63) is 29.8 Å². The van der Waals surface area contributed by atoms with Gasteiger partial charge in [-0.3, -0.25) is 4.79 Å². The molecule has 0 spiro atoms. The Hall–Kier alpha value is -1.51. The Kier molecular flexibility index (Phi) is 3.67. The molecular weight excluding hydrogens is 214 g/mol. The van der Waals surface area contributed by atoms with Crippen LogP contribution >= 0.6 is 0 Å². The van der Waals surface area contributed by atoms with Crippen molar-refractivity contribution in [3.63, 3.8) is 0 Å². The summed E-state index contributed by atoms with van der Waals surface area (Å²) in [7, 11) is 0. The zero-order valence-corrected chi connectivity index (χ0v) is 10.2. The number of piperidine rings is 1. The highest BCUT2D eigenvalue weighted by Gasteiger charge is 2.29. The van der Waals surface area contributed by atoms with Crippen molar-refractivity contribution in [1.29, 1.82) is 0 Å². The van der Waals surface area contributed by atoms with Crippen LogP contribution in [-0.2, 0) is 4.79 Å². The number of phenols is 1. The van der Waals surface area contributed by atoms with Crippen LogP contribution in [0, 0.1) is 0 Å². The van der Waals surface area contributed by atoms with Gasteiger partial charge in [0.25, 0.3) is 0 Å². The van der Waals surface area contributed by atoms with Crippen LogP contribution in [0.3, 0.4) is 0 Å². The van der Waals surface area contributed by atoms with E-state index >= 15 is 0 Å². The average molecular weight is 233 g/mol. The quantitative estimate of drug-likeness (QED) is 0.871. The predicted octanol–water partition coefficient (Wildman–Crippen LogP) is 2.51. The van der Waals surface area contributed by atoms with Gasteiger partial charge in [0.1, 0.15) is 5.75 Å². The van der Waals surface area contributed by atoms with Crippen LogP contribution < -0.4 is 0 Å². The van der Waals surface area contributed by atoms with E-state index in [4.69, 9.17) is 0 Å². The minimum absolute atomic E-state index is 0.0672. The Morgan fingerprint density at radius 3 is 3.00 bits per heavy atom. The van der Waals surface area contributed by atoms with Gasteiger partial charge >= 0.3 is 0 Å². The fourth-order valence-corrected chi connectivity index (χ4v) is 2.48. The van der Waals surface area contributed by atoms with Crippen molar-refractivity contribution >= 4 is 5.91 Å². The molecule has 1 fully saturated rings. The summed E-state index contributed by atoms with van der Waals surface area (Å²) in [5.74, 6) is 0.383. The van der Waals surface area contributed by atoms with E-state index in [0.717, 1.165) is 37.9 Å². The van der Waals surface area contributed by atoms with E-state index in [-0.39, 0.29) is 17.6 Å². The second kappa shape index (κ2) is 5.21. The highest BCUT2D eigenvalue weighted by atomic mass is 16.3. The van der Waals surface area contributed by atoms with Crippen LogP contribution in [0.2, 0.25) is 0 Å². The van der Waals surface area contributed by atoms with Crippen LogP contribution in [-0.4, -0.2) is 29.0 Å². The molecule has 1 atom stereocenters. The van der Waals surface area contributed by atoms with E-state index in [0.29, 0.717) is 0 Å². The highest BCUT2D eigenvalue weighted by Crippen LogP contribution is 2.29. The van der Waals surface area contributed by atoms with Crippen molar-refractivity contribution in [2.24, 2.45) is 0 Å². The molecule has 3 heteroatoms. The first kappa shape index (κ1) is 12.0. The summed E-state index contributed by atoms with van der Waals surface area (Å²) in [6, 6.07) is 7.08. The maximum Gasteiger partial charge on any atom is 0.230 e. The zero-order valence-electron chi connectivity index (χ0n) is 10.2. The fourth-order valence-electron chi connectivity index (χ4n) is 2.48. The molecule has 1 N–H and O–H groups in total. The minimum Gasteiger partial charge on any atom is -0.508 e. The summed E-state index contributed by atoms with van der Waals surface area (Å²) in [5, 5.41) is 9.47. The molecule has 1 saturated heterocycles. The monoisotopic (exact) mass is 233 g/mol. The largest absolute Gasteiger partial charge is 0.508 e. The lowest BCUT2D eigenvalue weighted by Gasteiger charge is -2.32. The molecule has 0 bridgehead atoms. The lowest BCUT2D eigenvalue weighted by molar-refractivity contribution is -0.135. The number of likely N-dealkylation sites (tertiary alicyclic amines) is 1. The molecule has 0 aromatic heterocycles. The van der Waals surface area contributed by atoms with Gasteiger partial charge in [-0.25, -0.2) is 0 Å². The Morgan fingerprint density at radius 1 is 1.47 bits per heavy atom. The van der Waals surface area contributed by atoms with E-state index in [1.54, 1.807) is 18.2 Å². The average Bonchev–Trinajstić information content (AvgIpc) is 2.32. The molecule has 1 aliphatic heterocycles. The molecule has 0 aliphatic carbocycles. The maximum atomic E-state index is 12.3. The number of nitrogens with zero attached hydrogens (tertiary/aromatic N) is 1. The molecule has 0 saturated carbocycles. The third-order valence-corrected chi connectivity index (χ3v) is 3.30. The second-order valence-electron chi connectivity index (χ2n) is 4.62. The van der Waals surface area contributed by atoms with Crippen LogP contribution in [0.25, 0.3) is 0 Å². The molecule has 0 radical (unpaired) electrons. The molecule has 1 unspecified atom stereocenters. The third-order valence-electron chi connectivity index (χ3n) is 3.30. The number of amides is 1. The molecule has 2 rings (SSSR count). The molecule has 1 heterocycles. The summed E-state index contributed by atoms with van der Waals surface area (Å²) in [6.07, 6.45) is 2.94.